The smallest absolute Gasteiger partial charge is 0.202 e. The number of nitrogens with two attached hydrogens (primary N) is 1. The molecule has 1 aromatic heterocycles. The molecular formula is C13H12ClNO2. The first-order chi connectivity index (χ1) is 8.19. The van der Waals surface area contributed by atoms with Gasteiger partial charge >= 0.3 is 0 Å². The van der Waals surface area contributed by atoms with Gasteiger partial charge in [0.1, 0.15) is 5.76 Å². The number of ketones is 1. The van der Waals surface area contributed by atoms with E-state index in [0.717, 1.165) is 5.56 Å². The third kappa shape index (κ3) is 2.96. The Kier molecular flexibility index (Phi) is 3.61. The molecule has 0 unspecified atom stereocenters. The lowest BCUT2D eigenvalue weighted by Gasteiger charge is -1.99. The summed E-state index contributed by atoms with van der Waals surface area (Å²) in [7, 11) is 0. The number of halogens is 1. The van der Waals surface area contributed by atoms with Gasteiger partial charge in [0, 0.05) is 11.4 Å². The maximum absolute atomic E-state index is 11.9. The molecular weight excluding hydrogens is 238 g/mol. The molecule has 2 rings (SSSR count). The molecule has 0 bridgehead atoms. The highest BCUT2D eigenvalue weighted by atomic mass is 35.5. The highest BCUT2D eigenvalue weighted by Crippen LogP contribution is 2.14. The van der Waals surface area contributed by atoms with Crippen molar-refractivity contribution in [3.05, 3.63) is 58.5 Å². The van der Waals surface area contributed by atoms with Gasteiger partial charge in [0.2, 0.25) is 5.78 Å². The van der Waals surface area contributed by atoms with E-state index in [0.29, 0.717) is 29.5 Å². The number of hydrogen-bond donors (Lipinski definition) is 1. The topological polar surface area (TPSA) is 56.2 Å². The van der Waals surface area contributed by atoms with E-state index >= 15 is 0 Å². The Hall–Kier alpha value is -1.58. The van der Waals surface area contributed by atoms with E-state index in [1.165, 1.54) is 0 Å². The van der Waals surface area contributed by atoms with Gasteiger partial charge in [-0.05, 0) is 29.8 Å². The van der Waals surface area contributed by atoms with Crippen LogP contribution >= 0.6 is 11.6 Å². The first kappa shape index (κ1) is 11.9. The first-order valence-corrected chi connectivity index (χ1v) is 5.63. The molecule has 1 heterocycles. The molecule has 4 heteroatoms. The Labute approximate surface area is 104 Å². The van der Waals surface area contributed by atoms with Crippen molar-refractivity contribution < 1.29 is 9.21 Å². The Morgan fingerprint density at radius 1 is 1.18 bits per heavy atom. The normalized spacial score (nSPS) is 10.5. The number of benzene rings is 1. The van der Waals surface area contributed by atoms with E-state index in [-0.39, 0.29) is 5.78 Å². The van der Waals surface area contributed by atoms with E-state index in [1.54, 1.807) is 24.3 Å². The predicted octanol–water partition coefficient (Wildman–Crippen LogP) is 2.82. The van der Waals surface area contributed by atoms with Crippen molar-refractivity contribution >= 4 is 17.4 Å². The molecule has 0 spiro atoms. The molecule has 0 saturated carbocycles. The summed E-state index contributed by atoms with van der Waals surface area (Å²) in [5.74, 6) is 0.900. The summed E-state index contributed by atoms with van der Waals surface area (Å²) in [5, 5.41) is 0.657. The van der Waals surface area contributed by atoms with E-state index in [1.807, 2.05) is 12.1 Å². The zero-order chi connectivity index (χ0) is 12.3. The summed E-state index contributed by atoms with van der Waals surface area (Å²) in [6.45, 7) is 0.300. The third-order valence-corrected chi connectivity index (χ3v) is 2.67. The van der Waals surface area contributed by atoms with E-state index < -0.39 is 0 Å². The van der Waals surface area contributed by atoms with Gasteiger partial charge in [0.15, 0.2) is 5.76 Å². The van der Waals surface area contributed by atoms with E-state index in [9.17, 15) is 4.79 Å². The van der Waals surface area contributed by atoms with Crippen LogP contribution in [0.5, 0.6) is 0 Å². The first-order valence-electron chi connectivity index (χ1n) is 5.25. The summed E-state index contributed by atoms with van der Waals surface area (Å²) in [6.07, 6.45) is 0.300. The van der Waals surface area contributed by atoms with Gasteiger partial charge in [-0.3, -0.25) is 4.79 Å². The number of carbonyl (C=O) groups is 1. The van der Waals surface area contributed by atoms with Crippen LogP contribution in [-0.2, 0) is 13.0 Å². The second-order valence-electron chi connectivity index (χ2n) is 3.70. The second-order valence-corrected chi connectivity index (χ2v) is 4.13. The minimum Gasteiger partial charge on any atom is -0.457 e. The molecule has 2 aromatic rings. The van der Waals surface area contributed by atoms with Crippen molar-refractivity contribution in [3.63, 3.8) is 0 Å². The Morgan fingerprint density at radius 3 is 2.47 bits per heavy atom. The van der Waals surface area contributed by atoms with Crippen molar-refractivity contribution in [3.8, 4) is 0 Å². The van der Waals surface area contributed by atoms with Crippen LogP contribution < -0.4 is 5.73 Å². The third-order valence-electron chi connectivity index (χ3n) is 2.42. The lowest BCUT2D eigenvalue weighted by atomic mass is 10.1. The summed E-state index contributed by atoms with van der Waals surface area (Å²) in [4.78, 5) is 11.9. The maximum atomic E-state index is 11.9. The lowest BCUT2D eigenvalue weighted by molar-refractivity contribution is 0.0964. The van der Waals surface area contributed by atoms with Crippen molar-refractivity contribution in [1.82, 2.24) is 0 Å². The fourth-order valence-electron chi connectivity index (χ4n) is 1.51. The molecule has 0 aliphatic carbocycles. The molecule has 0 radical (unpaired) electrons. The van der Waals surface area contributed by atoms with Gasteiger partial charge in [-0.2, -0.15) is 0 Å². The molecule has 17 heavy (non-hydrogen) atoms. The summed E-state index contributed by atoms with van der Waals surface area (Å²) in [5.41, 5.74) is 6.32. The minimum atomic E-state index is -0.0629. The fourth-order valence-corrected chi connectivity index (χ4v) is 1.64. The molecule has 0 saturated heterocycles. The maximum Gasteiger partial charge on any atom is 0.202 e. The van der Waals surface area contributed by atoms with Crippen molar-refractivity contribution in [1.29, 1.82) is 0 Å². The minimum absolute atomic E-state index is 0.0629. The number of rotatable bonds is 4. The zero-order valence-corrected chi connectivity index (χ0v) is 9.91. The molecule has 2 N–H and O–H groups in total. The fraction of sp³-hybridized carbons (Fsp3) is 0.154. The number of furan rings is 1. The number of hydrogen-bond acceptors (Lipinski definition) is 3. The quantitative estimate of drug-likeness (QED) is 0.848. The van der Waals surface area contributed by atoms with Crippen LogP contribution in [0.3, 0.4) is 0 Å². The van der Waals surface area contributed by atoms with Crippen LogP contribution in [0.4, 0.5) is 0 Å². The molecule has 0 amide bonds. The SMILES string of the molecule is NCc1ccc(C(=O)Cc2ccc(Cl)cc2)o1. The van der Waals surface area contributed by atoms with Crippen LogP contribution in [0.1, 0.15) is 21.9 Å². The van der Waals surface area contributed by atoms with Crippen LogP contribution in [0, 0.1) is 0 Å². The van der Waals surface area contributed by atoms with Gasteiger partial charge in [-0.25, -0.2) is 0 Å². The zero-order valence-electron chi connectivity index (χ0n) is 9.15. The second kappa shape index (κ2) is 5.17. The standard InChI is InChI=1S/C13H12ClNO2/c14-10-3-1-9(2-4-10)7-12(16)13-6-5-11(8-15)17-13/h1-6H,7-8,15H2. The molecule has 0 fully saturated rings. The van der Waals surface area contributed by atoms with Crippen LogP contribution in [0.15, 0.2) is 40.8 Å². The molecule has 1 aromatic carbocycles. The lowest BCUT2D eigenvalue weighted by Crippen LogP contribution is -2.02. The van der Waals surface area contributed by atoms with Crippen LogP contribution in [0.2, 0.25) is 5.02 Å². The number of Topliss-reactive ketones (excluding diaryl/α,β-unsaturated/α-hetero) is 1. The van der Waals surface area contributed by atoms with Gasteiger partial charge in [0.05, 0.1) is 6.54 Å². The van der Waals surface area contributed by atoms with Gasteiger partial charge in [0.25, 0.3) is 0 Å². The van der Waals surface area contributed by atoms with Crippen molar-refractivity contribution in [2.75, 3.05) is 0 Å². The van der Waals surface area contributed by atoms with E-state index in [2.05, 4.69) is 0 Å². The van der Waals surface area contributed by atoms with Gasteiger partial charge in [-0.1, -0.05) is 23.7 Å². The summed E-state index contributed by atoms with van der Waals surface area (Å²) >= 11 is 5.77. The van der Waals surface area contributed by atoms with Crippen LogP contribution in [0.25, 0.3) is 0 Å². The molecule has 0 aliphatic rings. The monoisotopic (exact) mass is 249 g/mol. The van der Waals surface area contributed by atoms with E-state index in [4.69, 9.17) is 21.8 Å². The molecule has 3 nitrogen and oxygen atoms in total. The molecule has 88 valence electrons. The number of carbonyl (C=O) groups excluding carboxylic acids is 1. The predicted molar refractivity (Wildman–Crippen MR) is 66.1 cm³/mol. The summed E-state index contributed by atoms with van der Waals surface area (Å²) < 4.78 is 5.29. The van der Waals surface area contributed by atoms with Crippen LogP contribution in [-0.4, -0.2) is 5.78 Å². The highest BCUT2D eigenvalue weighted by molar-refractivity contribution is 6.30. The Morgan fingerprint density at radius 2 is 1.88 bits per heavy atom. The van der Waals surface area contributed by atoms with Gasteiger partial charge < -0.3 is 10.2 Å². The summed E-state index contributed by atoms with van der Waals surface area (Å²) in [6, 6.07) is 10.5. The molecule has 0 aliphatic heterocycles. The van der Waals surface area contributed by atoms with Gasteiger partial charge in [-0.15, -0.1) is 0 Å². The van der Waals surface area contributed by atoms with Crippen molar-refractivity contribution in [2.45, 2.75) is 13.0 Å². The Bertz CT molecular complexity index is 516. The molecule has 0 atom stereocenters. The largest absolute Gasteiger partial charge is 0.457 e. The average molecular weight is 250 g/mol. The average Bonchev–Trinajstić information content (AvgIpc) is 2.81. The van der Waals surface area contributed by atoms with Crippen molar-refractivity contribution in [2.24, 2.45) is 5.73 Å². The Balaban J connectivity index is 2.08. The highest BCUT2D eigenvalue weighted by Gasteiger charge is 2.11.